The second-order valence-corrected chi connectivity index (χ2v) is 7.77. The molecule has 0 bridgehead atoms. The fourth-order valence-electron chi connectivity index (χ4n) is 3.32. The van der Waals surface area contributed by atoms with Gasteiger partial charge in [0.25, 0.3) is 0 Å². The van der Waals surface area contributed by atoms with Crippen molar-refractivity contribution in [2.24, 2.45) is 0 Å². The van der Waals surface area contributed by atoms with E-state index >= 15 is 0 Å². The summed E-state index contributed by atoms with van der Waals surface area (Å²) in [5.74, 6) is -0.00666. The highest BCUT2D eigenvalue weighted by molar-refractivity contribution is 7.09. The van der Waals surface area contributed by atoms with E-state index in [1.54, 1.807) is 23.2 Å². The smallest absolute Gasteiger partial charge is 0.409 e. The largest absolute Gasteiger partial charge is 0.450 e. The number of piperidine rings is 1. The molecule has 2 aliphatic heterocycles. The van der Waals surface area contributed by atoms with Crippen LogP contribution >= 0.6 is 11.3 Å². The first-order valence-corrected chi connectivity index (χ1v) is 10.5. The summed E-state index contributed by atoms with van der Waals surface area (Å²) in [6.07, 6.45) is 1.54. The summed E-state index contributed by atoms with van der Waals surface area (Å²) in [5.41, 5.74) is 0.824. The summed E-state index contributed by atoms with van der Waals surface area (Å²) in [5, 5.41) is 6.08. The minimum Gasteiger partial charge on any atom is -0.450 e. The van der Waals surface area contributed by atoms with Crippen LogP contribution < -0.4 is 5.32 Å². The molecule has 0 aliphatic carbocycles. The molecule has 0 unspecified atom stereocenters. The maximum atomic E-state index is 12.3. The van der Waals surface area contributed by atoms with E-state index in [4.69, 9.17) is 9.47 Å². The number of aromatic nitrogens is 1. The number of nitrogens with zero attached hydrogens (tertiary/aromatic N) is 3. The van der Waals surface area contributed by atoms with E-state index in [0.29, 0.717) is 26.1 Å². The standard InChI is InChI=1S/C18H28N4O4S/c1-2-26-18(24)22-5-3-14(4-6-22)19-16(23)11-15-13-27-17(20-15)12-21-7-9-25-10-8-21/h13-14H,2-12H2,1H3,(H,19,23). The number of thiazole rings is 1. The van der Waals surface area contributed by atoms with Crippen molar-refractivity contribution in [3.8, 4) is 0 Å². The molecule has 2 fully saturated rings. The Morgan fingerprint density at radius 3 is 2.74 bits per heavy atom. The molecule has 8 nitrogen and oxygen atoms in total. The average molecular weight is 397 g/mol. The lowest BCUT2D eigenvalue weighted by Crippen LogP contribution is -2.47. The molecular formula is C18H28N4O4S. The lowest BCUT2D eigenvalue weighted by Gasteiger charge is -2.31. The molecule has 27 heavy (non-hydrogen) atoms. The number of hydrogen-bond donors (Lipinski definition) is 1. The number of ether oxygens (including phenoxy) is 2. The number of amides is 2. The number of likely N-dealkylation sites (tertiary alicyclic amines) is 1. The predicted molar refractivity (Wildman–Crippen MR) is 102 cm³/mol. The van der Waals surface area contributed by atoms with E-state index in [1.807, 2.05) is 5.38 Å². The van der Waals surface area contributed by atoms with Gasteiger partial charge >= 0.3 is 6.09 Å². The van der Waals surface area contributed by atoms with Crippen LogP contribution in [-0.2, 0) is 27.2 Å². The molecule has 3 rings (SSSR count). The van der Waals surface area contributed by atoms with Crippen LogP contribution in [0.2, 0.25) is 0 Å². The number of hydrogen-bond acceptors (Lipinski definition) is 7. The van der Waals surface area contributed by atoms with Gasteiger partial charge in [-0.1, -0.05) is 0 Å². The predicted octanol–water partition coefficient (Wildman–Crippen LogP) is 1.25. The molecular weight excluding hydrogens is 368 g/mol. The van der Waals surface area contributed by atoms with Gasteiger partial charge in [-0.3, -0.25) is 9.69 Å². The molecule has 1 aromatic rings. The fraction of sp³-hybridized carbons (Fsp3) is 0.722. The summed E-state index contributed by atoms with van der Waals surface area (Å²) in [7, 11) is 0. The monoisotopic (exact) mass is 396 g/mol. The van der Waals surface area contributed by atoms with Gasteiger partial charge in [0.1, 0.15) is 5.01 Å². The van der Waals surface area contributed by atoms with Gasteiger partial charge in [-0.05, 0) is 19.8 Å². The van der Waals surface area contributed by atoms with Gasteiger partial charge in [0.15, 0.2) is 0 Å². The highest BCUT2D eigenvalue weighted by Crippen LogP contribution is 2.15. The molecule has 2 saturated heterocycles. The van der Waals surface area contributed by atoms with Crippen LogP contribution in [-0.4, -0.2) is 78.8 Å². The maximum absolute atomic E-state index is 12.3. The van der Waals surface area contributed by atoms with Gasteiger partial charge in [-0.25, -0.2) is 9.78 Å². The molecule has 0 spiro atoms. The van der Waals surface area contributed by atoms with Crippen LogP contribution in [0, 0.1) is 0 Å². The van der Waals surface area contributed by atoms with Crippen LogP contribution in [0.1, 0.15) is 30.5 Å². The molecule has 3 heterocycles. The molecule has 0 radical (unpaired) electrons. The second kappa shape index (κ2) is 10.0. The summed E-state index contributed by atoms with van der Waals surface area (Å²) >= 11 is 1.61. The maximum Gasteiger partial charge on any atom is 0.409 e. The molecule has 150 valence electrons. The highest BCUT2D eigenvalue weighted by atomic mass is 32.1. The Hall–Kier alpha value is -1.71. The zero-order valence-corrected chi connectivity index (χ0v) is 16.6. The Bertz CT molecular complexity index is 625. The van der Waals surface area contributed by atoms with Crippen LogP contribution in [0.4, 0.5) is 4.79 Å². The molecule has 2 amide bonds. The third-order valence-corrected chi connectivity index (χ3v) is 5.67. The van der Waals surface area contributed by atoms with Crippen LogP contribution in [0.5, 0.6) is 0 Å². The summed E-state index contributed by atoms with van der Waals surface area (Å²) in [6.45, 7) is 7.65. The molecule has 0 aromatic carbocycles. The number of carbonyl (C=O) groups is 2. The van der Waals surface area contributed by atoms with E-state index in [0.717, 1.165) is 56.4 Å². The second-order valence-electron chi connectivity index (χ2n) is 6.83. The number of carbonyl (C=O) groups excluding carboxylic acids is 2. The first kappa shape index (κ1) is 20.0. The minimum atomic E-state index is -0.266. The van der Waals surface area contributed by atoms with Crippen LogP contribution in [0.15, 0.2) is 5.38 Å². The highest BCUT2D eigenvalue weighted by Gasteiger charge is 2.24. The average Bonchev–Trinajstić information content (AvgIpc) is 3.10. The number of nitrogens with one attached hydrogen (secondary N) is 1. The Morgan fingerprint density at radius 2 is 2.04 bits per heavy atom. The van der Waals surface area contributed by atoms with Crippen molar-refractivity contribution in [1.29, 1.82) is 0 Å². The zero-order valence-electron chi connectivity index (χ0n) is 15.8. The number of morpholine rings is 1. The lowest BCUT2D eigenvalue weighted by atomic mass is 10.1. The van der Waals surface area contributed by atoms with Crippen molar-refractivity contribution in [2.75, 3.05) is 46.0 Å². The van der Waals surface area contributed by atoms with Gasteiger partial charge < -0.3 is 19.7 Å². The molecule has 0 saturated carbocycles. The Labute approximate surface area is 163 Å². The third kappa shape index (κ3) is 6.15. The van der Waals surface area contributed by atoms with Crippen LogP contribution in [0.3, 0.4) is 0 Å². The lowest BCUT2D eigenvalue weighted by molar-refractivity contribution is -0.121. The van der Waals surface area contributed by atoms with Gasteiger partial charge in [-0.15, -0.1) is 11.3 Å². The normalized spacial score (nSPS) is 19.1. The van der Waals surface area contributed by atoms with E-state index in [2.05, 4.69) is 15.2 Å². The number of rotatable bonds is 6. The van der Waals surface area contributed by atoms with Crippen molar-refractivity contribution >= 4 is 23.3 Å². The Balaban J connectivity index is 1.39. The van der Waals surface area contributed by atoms with Crippen molar-refractivity contribution in [1.82, 2.24) is 20.1 Å². The summed E-state index contributed by atoms with van der Waals surface area (Å²) in [6, 6.07) is 0.106. The van der Waals surface area contributed by atoms with E-state index in [-0.39, 0.29) is 18.0 Å². The minimum absolute atomic E-state index is 0.00666. The van der Waals surface area contributed by atoms with Gasteiger partial charge in [-0.2, -0.15) is 0 Å². The van der Waals surface area contributed by atoms with Crippen molar-refractivity contribution in [3.05, 3.63) is 16.1 Å². The van der Waals surface area contributed by atoms with E-state index in [9.17, 15) is 9.59 Å². The van der Waals surface area contributed by atoms with Crippen LogP contribution in [0.25, 0.3) is 0 Å². The van der Waals surface area contributed by atoms with Crippen molar-refractivity contribution in [3.63, 3.8) is 0 Å². The molecule has 9 heteroatoms. The van der Waals surface area contributed by atoms with Gasteiger partial charge in [0.2, 0.25) is 5.91 Å². The van der Waals surface area contributed by atoms with Gasteiger partial charge in [0.05, 0.1) is 38.5 Å². The SMILES string of the molecule is CCOC(=O)N1CCC(NC(=O)Cc2csc(CN3CCOCC3)n2)CC1. The molecule has 2 aliphatic rings. The van der Waals surface area contributed by atoms with Gasteiger partial charge in [0, 0.05) is 37.6 Å². The molecule has 0 atom stereocenters. The Kier molecular flexibility index (Phi) is 7.42. The van der Waals surface area contributed by atoms with Crippen molar-refractivity contribution in [2.45, 2.75) is 38.8 Å². The van der Waals surface area contributed by atoms with E-state index < -0.39 is 0 Å². The fourth-order valence-corrected chi connectivity index (χ4v) is 4.15. The first-order chi connectivity index (χ1) is 13.1. The quantitative estimate of drug-likeness (QED) is 0.779. The first-order valence-electron chi connectivity index (χ1n) is 9.58. The van der Waals surface area contributed by atoms with E-state index in [1.165, 1.54) is 0 Å². The zero-order chi connectivity index (χ0) is 19.1. The Morgan fingerprint density at radius 1 is 1.30 bits per heavy atom. The molecule has 1 aromatic heterocycles. The third-order valence-electron chi connectivity index (χ3n) is 4.79. The summed E-state index contributed by atoms with van der Waals surface area (Å²) in [4.78, 5) is 32.7. The van der Waals surface area contributed by atoms with Crippen molar-refractivity contribution < 1.29 is 19.1 Å². The topological polar surface area (TPSA) is 84.0 Å². The summed E-state index contributed by atoms with van der Waals surface area (Å²) < 4.78 is 10.4. The molecule has 1 N–H and O–H groups in total.